The largest absolute Gasteiger partial charge is 0.375 e. The fourth-order valence-electron chi connectivity index (χ4n) is 2.82. The minimum atomic E-state index is -0.226. The second-order valence-electron chi connectivity index (χ2n) is 6.70. The van der Waals surface area contributed by atoms with Gasteiger partial charge in [-0.15, -0.1) is 0 Å². The van der Waals surface area contributed by atoms with Gasteiger partial charge < -0.3 is 20.1 Å². The molecule has 0 radical (unpaired) electrons. The first-order valence-electron chi connectivity index (χ1n) is 9.53. The van der Waals surface area contributed by atoms with E-state index in [2.05, 4.69) is 27.4 Å². The van der Waals surface area contributed by atoms with Crippen molar-refractivity contribution in [2.45, 2.75) is 19.9 Å². The van der Waals surface area contributed by atoms with E-state index in [9.17, 15) is 9.59 Å². The van der Waals surface area contributed by atoms with Crippen LogP contribution in [0.1, 0.15) is 23.7 Å². The average Bonchev–Trinajstić information content (AvgIpc) is 3.26. The third-order valence-electron chi connectivity index (χ3n) is 4.58. The van der Waals surface area contributed by atoms with Crippen LogP contribution in [0.3, 0.4) is 0 Å². The Morgan fingerprint density at radius 3 is 2.55 bits per heavy atom. The summed E-state index contributed by atoms with van der Waals surface area (Å²) in [4.78, 5) is 30.8. The molecule has 2 amide bonds. The first-order chi connectivity index (χ1) is 14.0. The van der Waals surface area contributed by atoms with Gasteiger partial charge >= 0.3 is 0 Å². The molecule has 29 heavy (non-hydrogen) atoms. The lowest BCUT2D eigenvalue weighted by Crippen LogP contribution is -2.17. The highest BCUT2D eigenvalue weighted by atomic mass is 16.2. The number of carbonyl (C=O) groups excluding carboxylic acids is 2. The van der Waals surface area contributed by atoms with Crippen LogP contribution in [0.25, 0.3) is 0 Å². The van der Waals surface area contributed by atoms with E-state index in [0.717, 1.165) is 17.9 Å². The van der Waals surface area contributed by atoms with Crippen LogP contribution in [0.15, 0.2) is 67.3 Å². The molecule has 2 aromatic carbocycles. The van der Waals surface area contributed by atoms with Crippen molar-refractivity contribution in [1.82, 2.24) is 9.55 Å². The lowest BCUT2D eigenvalue weighted by atomic mass is 10.1. The molecule has 0 aliphatic carbocycles. The molecule has 3 rings (SSSR count). The predicted molar refractivity (Wildman–Crippen MR) is 115 cm³/mol. The predicted octanol–water partition coefficient (Wildman–Crippen LogP) is 3.62. The zero-order valence-corrected chi connectivity index (χ0v) is 16.6. The Morgan fingerprint density at radius 2 is 1.83 bits per heavy atom. The molecule has 1 aromatic heterocycles. The molecule has 7 heteroatoms. The molecule has 150 valence electrons. The highest BCUT2D eigenvalue weighted by molar-refractivity contribution is 6.05. The Balaban J connectivity index is 1.61. The summed E-state index contributed by atoms with van der Waals surface area (Å²) in [5, 5.41) is 5.75. The number of nitrogens with zero attached hydrogens (tertiary/aromatic N) is 3. The monoisotopic (exact) mass is 391 g/mol. The average molecular weight is 391 g/mol. The molecule has 0 saturated carbocycles. The number of nitrogens with one attached hydrogen (secondary N) is 2. The Labute approximate surface area is 170 Å². The van der Waals surface area contributed by atoms with E-state index in [4.69, 9.17) is 0 Å². The standard InChI is InChI=1S/C22H25N5O2/c1-3-26(2)20-9-5-8-19(15-20)25-22(29)17-6-4-7-18(14-17)24-21(28)10-12-27-13-11-23-16-27/h4-9,11,13-16H,3,10,12H2,1-2H3,(H,24,28)(H,25,29). The van der Waals surface area contributed by atoms with Crippen molar-refractivity contribution >= 4 is 28.9 Å². The van der Waals surface area contributed by atoms with Gasteiger partial charge in [0.15, 0.2) is 0 Å². The number of hydrogen-bond donors (Lipinski definition) is 2. The van der Waals surface area contributed by atoms with Gasteiger partial charge in [0.1, 0.15) is 0 Å². The first-order valence-corrected chi connectivity index (χ1v) is 9.53. The summed E-state index contributed by atoms with van der Waals surface area (Å²) in [6.45, 7) is 3.50. The zero-order valence-electron chi connectivity index (χ0n) is 16.6. The number of carbonyl (C=O) groups is 2. The Morgan fingerprint density at radius 1 is 1.07 bits per heavy atom. The molecule has 2 N–H and O–H groups in total. The molecule has 0 unspecified atom stereocenters. The Bertz CT molecular complexity index is 969. The summed E-state index contributed by atoms with van der Waals surface area (Å²) < 4.78 is 1.84. The SMILES string of the molecule is CCN(C)c1cccc(NC(=O)c2cccc(NC(=O)CCn3ccnc3)c2)c1. The van der Waals surface area contributed by atoms with E-state index >= 15 is 0 Å². The number of imidazole rings is 1. The van der Waals surface area contributed by atoms with Gasteiger partial charge in [-0.05, 0) is 43.3 Å². The third kappa shape index (κ3) is 5.68. The van der Waals surface area contributed by atoms with E-state index in [1.807, 2.05) is 42.1 Å². The summed E-state index contributed by atoms with van der Waals surface area (Å²) in [7, 11) is 2.00. The third-order valence-corrected chi connectivity index (χ3v) is 4.58. The summed E-state index contributed by atoms with van der Waals surface area (Å²) in [6, 6.07) is 14.6. The van der Waals surface area contributed by atoms with Gasteiger partial charge in [-0.2, -0.15) is 0 Å². The molecule has 0 fully saturated rings. The van der Waals surface area contributed by atoms with Gasteiger partial charge in [0.25, 0.3) is 5.91 Å². The van der Waals surface area contributed by atoms with Crippen LogP contribution in [-0.2, 0) is 11.3 Å². The van der Waals surface area contributed by atoms with Gasteiger partial charge in [0.05, 0.1) is 6.33 Å². The highest BCUT2D eigenvalue weighted by Gasteiger charge is 2.09. The smallest absolute Gasteiger partial charge is 0.255 e. The quantitative estimate of drug-likeness (QED) is 0.615. The van der Waals surface area contributed by atoms with Gasteiger partial charge in [0.2, 0.25) is 5.91 Å². The molecule has 7 nitrogen and oxygen atoms in total. The topological polar surface area (TPSA) is 79.3 Å². The molecule has 1 heterocycles. The zero-order chi connectivity index (χ0) is 20.6. The van der Waals surface area contributed by atoms with Crippen LogP contribution in [0.2, 0.25) is 0 Å². The van der Waals surface area contributed by atoms with Crippen LogP contribution in [-0.4, -0.2) is 35.0 Å². The maximum Gasteiger partial charge on any atom is 0.255 e. The summed E-state index contributed by atoms with van der Waals surface area (Å²) in [5.41, 5.74) is 2.83. The molecule has 0 aliphatic heterocycles. The Kier molecular flexibility index (Phi) is 6.63. The second-order valence-corrected chi connectivity index (χ2v) is 6.70. The highest BCUT2D eigenvalue weighted by Crippen LogP contribution is 2.19. The summed E-state index contributed by atoms with van der Waals surface area (Å²) in [5.74, 6) is -0.345. The van der Waals surface area contributed by atoms with Crippen LogP contribution in [0, 0.1) is 0 Å². The molecule has 0 bridgehead atoms. The minimum Gasteiger partial charge on any atom is -0.375 e. The van der Waals surface area contributed by atoms with Crippen LogP contribution >= 0.6 is 0 Å². The lowest BCUT2D eigenvalue weighted by Gasteiger charge is -2.17. The van der Waals surface area contributed by atoms with Crippen LogP contribution in [0.4, 0.5) is 17.1 Å². The number of benzene rings is 2. The molecule has 0 spiro atoms. The van der Waals surface area contributed by atoms with Crippen molar-refractivity contribution in [3.63, 3.8) is 0 Å². The fourth-order valence-corrected chi connectivity index (χ4v) is 2.82. The first kappa shape index (κ1) is 20.1. The van der Waals surface area contributed by atoms with Gasteiger partial charge in [-0.1, -0.05) is 12.1 Å². The summed E-state index contributed by atoms with van der Waals surface area (Å²) >= 11 is 0. The molecule has 3 aromatic rings. The van der Waals surface area contributed by atoms with E-state index in [-0.39, 0.29) is 11.8 Å². The maximum absolute atomic E-state index is 12.6. The van der Waals surface area contributed by atoms with E-state index < -0.39 is 0 Å². The van der Waals surface area contributed by atoms with Crippen molar-refractivity contribution in [3.8, 4) is 0 Å². The molecular formula is C22H25N5O2. The van der Waals surface area contributed by atoms with E-state index in [0.29, 0.717) is 24.2 Å². The van der Waals surface area contributed by atoms with Crippen LogP contribution < -0.4 is 15.5 Å². The number of aromatic nitrogens is 2. The van der Waals surface area contributed by atoms with Crippen molar-refractivity contribution in [2.75, 3.05) is 29.1 Å². The van der Waals surface area contributed by atoms with Crippen molar-refractivity contribution in [1.29, 1.82) is 0 Å². The van der Waals surface area contributed by atoms with E-state index in [1.54, 1.807) is 36.8 Å². The van der Waals surface area contributed by atoms with Crippen molar-refractivity contribution in [2.24, 2.45) is 0 Å². The van der Waals surface area contributed by atoms with E-state index in [1.165, 1.54) is 0 Å². The van der Waals surface area contributed by atoms with Crippen LogP contribution in [0.5, 0.6) is 0 Å². The minimum absolute atomic E-state index is 0.119. The molecule has 0 aliphatic rings. The molecule has 0 saturated heterocycles. The lowest BCUT2D eigenvalue weighted by molar-refractivity contribution is -0.116. The maximum atomic E-state index is 12.6. The van der Waals surface area contributed by atoms with Crippen molar-refractivity contribution in [3.05, 3.63) is 72.8 Å². The second kappa shape index (κ2) is 9.54. The number of amides is 2. The fraction of sp³-hybridized carbons (Fsp3) is 0.227. The normalized spacial score (nSPS) is 10.4. The van der Waals surface area contributed by atoms with Crippen molar-refractivity contribution < 1.29 is 9.59 Å². The molecule has 0 atom stereocenters. The number of anilines is 3. The number of hydrogen-bond acceptors (Lipinski definition) is 4. The van der Waals surface area contributed by atoms with Gasteiger partial charge in [-0.3, -0.25) is 9.59 Å². The summed E-state index contributed by atoms with van der Waals surface area (Å²) in [6.07, 6.45) is 5.48. The number of rotatable bonds is 8. The van der Waals surface area contributed by atoms with Gasteiger partial charge in [0, 0.05) is 61.6 Å². The van der Waals surface area contributed by atoms with Gasteiger partial charge in [-0.25, -0.2) is 4.98 Å². The number of aryl methyl sites for hydroxylation is 1. The Hall–Kier alpha value is -3.61. The molecular weight excluding hydrogens is 366 g/mol.